The standard InChI is InChI=1S/3C24H16.3C2H6/c1-4-8-19-15(5-1)9-10-17-14-23-21(24(17)19)12-11-20-18-7-3-2-6-16(18)13-22(20)23;2*1-3-7-19-15(5-1)9-10-18-14-22-21(23(18)19)12-11-17-13-16-6-2-4-8-20(16)24(17)22;3*1-2/h3*1-12H,13-14H2;3*1-2H3. The van der Waals surface area contributed by atoms with E-state index in [2.05, 4.69) is 218 Å². The quantitative estimate of drug-likeness (QED) is 0.142. The second kappa shape index (κ2) is 20.4. The van der Waals surface area contributed by atoms with Crippen LogP contribution in [-0.2, 0) is 38.5 Å². The molecule has 0 aliphatic heterocycles. The van der Waals surface area contributed by atoms with E-state index in [4.69, 9.17) is 0 Å². The van der Waals surface area contributed by atoms with E-state index in [0.717, 1.165) is 38.5 Å². The normalized spacial score (nSPS) is 12.7. The molecule has 0 N–H and O–H groups in total. The maximum atomic E-state index is 2.36. The minimum Gasteiger partial charge on any atom is -0.0683 e. The van der Waals surface area contributed by atoms with Gasteiger partial charge in [0, 0.05) is 0 Å². The van der Waals surface area contributed by atoms with Gasteiger partial charge >= 0.3 is 0 Å². The van der Waals surface area contributed by atoms with Crippen LogP contribution in [0, 0.1) is 0 Å². The molecule has 0 radical (unpaired) electrons. The van der Waals surface area contributed by atoms with Gasteiger partial charge in [-0.3, -0.25) is 0 Å². The maximum absolute atomic E-state index is 2.36. The molecular formula is C78H66. The molecule has 0 saturated heterocycles. The van der Waals surface area contributed by atoms with Crippen LogP contribution in [0.3, 0.4) is 0 Å². The van der Waals surface area contributed by atoms with Gasteiger partial charge in [-0.15, -0.1) is 0 Å². The monoisotopic (exact) mass is 1000 g/mol. The molecule has 0 bridgehead atoms. The number of hydrogen-bond donors (Lipinski definition) is 0. The second-order valence-electron chi connectivity index (χ2n) is 20.9. The van der Waals surface area contributed by atoms with Crippen molar-refractivity contribution in [1.82, 2.24) is 0 Å². The fraction of sp³-hybridized carbons (Fsp3) is 0.154. The van der Waals surface area contributed by atoms with E-state index in [-0.39, 0.29) is 0 Å². The van der Waals surface area contributed by atoms with E-state index in [1.54, 1.807) is 11.1 Å². The van der Waals surface area contributed by atoms with E-state index < -0.39 is 0 Å². The third kappa shape index (κ3) is 7.79. The van der Waals surface area contributed by atoms with Gasteiger partial charge in [-0.2, -0.15) is 0 Å². The number of benzene rings is 12. The molecule has 0 heteroatoms. The lowest BCUT2D eigenvalue weighted by Gasteiger charge is -2.10. The molecular weight excluding hydrogens is 937 g/mol. The van der Waals surface area contributed by atoms with E-state index in [9.17, 15) is 0 Å². The molecule has 12 aromatic rings. The summed E-state index contributed by atoms with van der Waals surface area (Å²) in [7, 11) is 0. The molecule has 6 aliphatic rings. The van der Waals surface area contributed by atoms with Crippen molar-refractivity contribution in [1.29, 1.82) is 0 Å². The number of rotatable bonds is 0. The fourth-order valence-electron chi connectivity index (χ4n) is 14.1. The van der Waals surface area contributed by atoms with Gasteiger partial charge in [0.1, 0.15) is 0 Å². The van der Waals surface area contributed by atoms with Crippen LogP contribution in [0.2, 0.25) is 0 Å². The molecule has 0 saturated carbocycles. The topological polar surface area (TPSA) is 0 Å². The van der Waals surface area contributed by atoms with Gasteiger partial charge in [0.2, 0.25) is 0 Å². The van der Waals surface area contributed by atoms with Crippen molar-refractivity contribution in [3.8, 4) is 66.8 Å². The van der Waals surface area contributed by atoms with Gasteiger partial charge in [0.05, 0.1) is 0 Å². The van der Waals surface area contributed by atoms with Crippen molar-refractivity contribution in [3.05, 3.63) is 285 Å². The molecule has 0 fully saturated rings. The smallest absolute Gasteiger partial charge is 0.000695 e. The molecule has 0 amide bonds. The molecule has 0 unspecified atom stereocenters. The first-order valence-electron chi connectivity index (χ1n) is 28.9. The highest BCUT2D eigenvalue weighted by molar-refractivity contribution is 6.06. The van der Waals surface area contributed by atoms with E-state index in [1.165, 1.54) is 155 Å². The first-order valence-corrected chi connectivity index (χ1v) is 28.9. The lowest BCUT2D eigenvalue weighted by molar-refractivity contribution is 1.16. The molecule has 12 aromatic carbocycles. The van der Waals surface area contributed by atoms with Crippen molar-refractivity contribution in [3.63, 3.8) is 0 Å². The van der Waals surface area contributed by atoms with Crippen LogP contribution in [0.25, 0.3) is 99.1 Å². The minimum absolute atomic E-state index is 1.06. The third-order valence-corrected chi connectivity index (χ3v) is 17.2. The van der Waals surface area contributed by atoms with Crippen LogP contribution in [0.1, 0.15) is 108 Å². The van der Waals surface area contributed by atoms with Gasteiger partial charge in [-0.1, -0.05) is 260 Å². The third-order valence-electron chi connectivity index (χ3n) is 17.2. The molecule has 0 aromatic heterocycles. The summed E-state index contributed by atoms with van der Waals surface area (Å²) in [5, 5.41) is 8.19. The van der Waals surface area contributed by atoms with Gasteiger partial charge in [-0.25, -0.2) is 0 Å². The molecule has 378 valence electrons. The lowest BCUT2D eigenvalue weighted by Crippen LogP contribution is -1.90. The van der Waals surface area contributed by atoms with Crippen molar-refractivity contribution in [2.24, 2.45) is 0 Å². The van der Waals surface area contributed by atoms with Gasteiger partial charge in [-0.05, 0) is 204 Å². The highest BCUT2D eigenvalue weighted by Crippen LogP contribution is 2.52. The zero-order chi connectivity index (χ0) is 53.0. The minimum atomic E-state index is 1.06. The Balaban J connectivity index is 0.000000106. The molecule has 0 heterocycles. The van der Waals surface area contributed by atoms with Crippen molar-refractivity contribution < 1.29 is 0 Å². The summed E-state index contributed by atoms with van der Waals surface area (Å²) < 4.78 is 0. The van der Waals surface area contributed by atoms with Crippen molar-refractivity contribution in [2.45, 2.75) is 80.1 Å². The summed E-state index contributed by atoms with van der Waals surface area (Å²) in [5.74, 6) is 0. The van der Waals surface area contributed by atoms with Crippen LogP contribution >= 0.6 is 0 Å². The summed E-state index contributed by atoms with van der Waals surface area (Å²) in [6.07, 6.45) is 6.44. The Morgan fingerprint density at radius 3 is 0.910 bits per heavy atom. The van der Waals surface area contributed by atoms with Gasteiger partial charge in [0.25, 0.3) is 0 Å². The molecule has 78 heavy (non-hydrogen) atoms. The first-order chi connectivity index (χ1) is 38.7. The Hall–Kier alpha value is -8.58. The zero-order valence-corrected chi connectivity index (χ0v) is 46.0. The second-order valence-corrected chi connectivity index (χ2v) is 20.9. The Bertz CT molecular complexity index is 4140. The van der Waals surface area contributed by atoms with Gasteiger partial charge < -0.3 is 0 Å². The summed E-state index contributed by atoms with van der Waals surface area (Å²) in [5.41, 5.74) is 35.5. The van der Waals surface area contributed by atoms with E-state index >= 15 is 0 Å². The number of fused-ring (bicyclic) bond motifs is 27. The summed E-state index contributed by atoms with van der Waals surface area (Å²) in [4.78, 5) is 0. The van der Waals surface area contributed by atoms with Crippen LogP contribution < -0.4 is 0 Å². The zero-order valence-electron chi connectivity index (χ0n) is 46.0. The van der Waals surface area contributed by atoms with Crippen molar-refractivity contribution in [2.75, 3.05) is 0 Å². The Kier molecular flexibility index (Phi) is 12.8. The largest absolute Gasteiger partial charge is 0.0683 e. The number of hydrogen-bond acceptors (Lipinski definition) is 0. The van der Waals surface area contributed by atoms with Crippen LogP contribution in [0.5, 0.6) is 0 Å². The highest BCUT2D eigenvalue weighted by atomic mass is 14.4. The van der Waals surface area contributed by atoms with Crippen LogP contribution in [0.15, 0.2) is 218 Å². The molecule has 18 rings (SSSR count). The predicted molar refractivity (Wildman–Crippen MR) is 335 cm³/mol. The Morgan fingerprint density at radius 1 is 0.179 bits per heavy atom. The van der Waals surface area contributed by atoms with Crippen LogP contribution in [0.4, 0.5) is 0 Å². The lowest BCUT2D eigenvalue weighted by atomic mass is 9.94. The fourth-order valence-corrected chi connectivity index (χ4v) is 14.1. The Morgan fingerprint density at radius 2 is 0.462 bits per heavy atom. The SMILES string of the molecule is CC.CC.CC.c1ccc2c(c1)Cc1c-2ccc2c1Cc1ccc3ccccc3c1-2.c1ccc2c(c1)Cc1ccc3c(c1-2)Cc1ccc2ccccc2c1-3.c1ccc2c(c1)Cc1ccc3c(c1-2)Cc1ccc2ccccc2c1-3. The van der Waals surface area contributed by atoms with E-state index in [1.807, 2.05) is 41.5 Å². The predicted octanol–water partition coefficient (Wildman–Crippen LogP) is 21.0. The van der Waals surface area contributed by atoms with Crippen molar-refractivity contribution >= 4 is 32.3 Å². The summed E-state index contributed by atoms with van der Waals surface area (Å²) >= 11 is 0. The molecule has 6 aliphatic carbocycles. The van der Waals surface area contributed by atoms with E-state index in [0.29, 0.717) is 0 Å². The summed E-state index contributed by atoms with van der Waals surface area (Å²) in [6, 6.07) is 80.9. The average Bonchev–Trinajstić information content (AvgIpc) is 4.45. The molecule has 0 atom stereocenters. The molecule has 0 nitrogen and oxygen atoms in total. The maximum Gasteiger partial charge on any atom is -0.000695 e. The van der Waals surface area contributed by atoms with Crippen LogP contribution in [-0.4, -0.2) is 0 Å². The highest BCUT2D eigenvalue weighted by Gasteiger charge is 2.32. The average molecular weight is 1000 g/mol. The Labute approximate surface area is 461 Å². The van der Waals surface area contributed by atoms with Gasteiger partial charge in [0.15, 0.2) is 0 Å². The summed E-state index contributed by atoms with van der Waals surface area (Å²) in [6.45, 7) is 12.0. The first kappa shape index (κ1) is 49.0. The molecule has 0 spiro atoms.